The zero-order valence-corrected chi connectivity index (χ0v) is 11.3. The van der Waals surface area contributed by atoms with Crippen molar-refractivity contribution in [1.82, 2.24) is 0 Å². The molecule has 1 nitrogen and oxygen atoms in total. The molecule has 0 aliphatic carbocycles. The van der Waals surface area contributed by atoms with Gasteiger partial charge in [0.05, 0.1) is 11.7 Å². The van der Waals surface area contributed by atoms with E-state index in [9.17, 15) is 22.7 Å². The first-order valence-electron chi connectivity index (χ1n) is 6.37. The molecule has 0 radical (unpaired) electrons. The molecule has 2 aromatic carbocycles. The van der Waals surface area contributed by atoms with Gasteiger partial charge in [-0.1, -0.05) is 24.3 Å². The van der Waals surface area contributed by atoms with Crippen LogP contribution in [0, 0.1) is 12.7 Å². The Labute approximate surface area is 119 Å². The zero-order valence-electron chi connectivity index (χ0n) is 11.3. The van der Waals surface area contributed by atoms with E-state index in [4.69, 9.17) is 0 Å². The molecule has 0 aliphatic heterocycles. The van der Waals surface area contributed by atoms with E-state index in [2.05, 4.69) is 0 Å². The Kier molecular flexibility index (Phi) is 4.32. The average Bonchev–Trinajstić information content (AvgIpc) is 2.41. The quantitative estimate of drug-likeness (QED) is 0.831. The number of benzene rings is 2. The number of halogens is 4. The fourth-order valence-corrected chi connectivity index (χ4v) is 2.05. The van der Waals surface area contributed by atoms with E-state index in [1.807, 2.05) is 0 Å². The van der Waals surface area contributed by atoms with Crippen molar-refractivity contribution < 1.29 is 22.7 Å². The second kappa shape index (κ2) is 5.85. The lowest BCUT2D eigenvalue weighted by molar-refractivity contribution is -0.137. The van der Waals surface area contributed by atoms with Crippen molar-refractivity contribution >= 4 is 0 Å². The van der Waals surface area contributed by atoms with Crippen LogP contribution in [0.5, 0.6) is 0 Å². The number of aliphatic hydroxyl groups excluding tert-OH is 1. The van der Waals surface area contributed by atoms with Crippen LogP contribution in [0.25, 0.3) is 0 Å². The molecule has 112 valence electrons. The number of alkyl halides is 3. The largest absolute Gasteiger partial charge is 0.416 e. The maximum Gasteiger partial charge on any atom is 0.416 e. The van der Waals surface area contributed by atoms with Gasteiger partial charge in [-0.3, -0.25) is 0 Å². The van der Waals surface area contributed by atoms with Gasteiger partial charge in [0, 0.05) is 6.42 Å². The number of aryl methyl sites for hydroxylation is 1. The van der Waals surface area contributed by atoms with Gasteiger partial charge in [-0.25, -0.2) is 4.39 Å². The van der Waals surface area contributed by atoms with Crippen LogP contribution in [0.2, 0.25) is 0 Å². The molecular formula is C16H14F4O. The minimum atomic E-state index is -4.37. The highest BCUT2D eigenvalue weighted by molar-refractivity contribution is 5.29. The van der Waals surface area contributed by atoms with Gasteiger partial charge in [0.25, 0.3) is 0 Å². The van der Waals surface area contributed by atoms with Crippen LogP contribution in [0.4, 0.5) is 17.6 Å². The first kappa shape index (κ1) is 15.5. The maximum absolute atomic E-state index is 13.2. The van der Waals surface area contributed by atoms with Crippen LogP contribution < -0.4 is 0 Å². The van der Waals surface area contributed by atoms with Gasteiger partial charge in [-0.2, -0.15) is 13.2 Å². The molecule has 0 spiro atoms. The maximum atomic E-state index is 13.2. The van der Waals surface area contributed by atoms with E-state index in [1.54, 1.807) is 6.92 Å². The minimum Gasteiger partial charge on any atom is -0.388 e. The topological polar surface area (TPSA) is 20.2 Å². The molecule has 2 aromatic rings. The van der Waals surface area contributed by atoms with Crippen LogP contribution in [-0.2, 0) is 12.6 Å². The molecule has 0 saturated heterocycles. The summed E-state index contributed by atoms with van der Waals surface area (Å²) in [5.74, 6) is -0.361. The molecule has 0 heterocycles. The van der Waals surface area contributed by atoms with Gasteiger partial charge in [0.2, 0.25) is 0 Å². The molecule has 0 fully saturated rings. The van der Waals surface area contributed by atoms with Gasteiger partial charge in [0.15, 0.2) is 0 Å². The number of hydrogen-bond donors (Lipinski definition) is 1. The summed E-state index contributed by atoms with van der Waals surface area (Å²) in [4.78, 5) is 0. The third-order valence-corrected chi connectivity index (χ3v) is 3.28. The van der Waals surface area contributed by atoms with Crippen molar-refractivity contribution in [1.29, 1.82) is 0 Å². The summed E-state index contributed by atoms with van der Waals surface area (Å²) < 4.78 is 50.5. The first-order chi connectivity index (χ1) is 9.77. The summed E-state index contributed by atoms with van der Waals surface area (Å²) in [5, 5.41) is 10.1. The third-order valence-electron chi connectivity index (χ3n) is 3.28. The molecule has 0 amide bonds. The van der Waals surface area contributed by atoms with E-state index >= 15 is 0 Å². The van der Waals surface area contributed by atoms with Gasteiger partial charge in [0.1, 0.15) is 5.82 Å². The molecule has 1 N–H and O–H groups in total. The van der Waals surface area contributed by atoms with Crippen molar-refractivity contribution in [2.75, 3.05) is 0 Å². The highest BCUT2D eigenvalue weighted by atomic mass is 19.4. The van der Waals surface area contributed by atoms with Gasteiger partial charge >= 0.3 is 6.18 Å². The standard InChI is InChI=1S/C16H14F4O/c1-10-8-12(4-7-14(10)17)15(21)9-11-2-5-13(6-3-11)16(18,19)20/h2-8,15,21H,9H2,1H3. The van der Waals surface area contributed by atoms with Gasteiger partial charge < -0.3 is 5.11 Å². The Morgan fingerprint density at radius 3 is 2.19 bits per heavy atom. The Bertz CT molecular complexity index is 617. The summed E-state index contributed by atoms with van der Waals surface area (Å²) in [6.45, 7) is 1.59. The molecular weight excluding hydrogens is 284 g/mol. The molecule has 21 heavy (non-hydrogen) atoms. The molecule has 0 aromatic heterocycles. The summed E-state index contributed by atoms with van der Waals surface area (Å²) >= 11 is 0. The molecule has 2 rings (SSSR count). The van der Waals surface area contributed by atoms with Crippen LogP contribution in [0.15, 0.2) is 42.5 Å². The van der Waals surface area contributed by atoms with Crippen molar-refractivity contribution in [2.24, 2.45) is 0 Å². The zero-order chi connectivity index (χ0) is 15.6. The van der Waals surface area contributed by atoms with E-state index < -0.39 is 17.8 Å². The Morgan fingerprint density at radius 2 is 1.67 bits per heavy atom. The van der Waals surface area contributed by atoms with Crippen molar-refractivity contribution in [2.45, 2.75) is 25.6 Å². The van der Waals surface area contributed by atoms with Gasteiger partial charge in [-0.15, -0.1) is 0 Å². The predicted molar refractivity (Wildman–Crippen MR) is 71.2 cm³/mol. The lowest BCUT2D eigenvalue weighted by atomic mass is 9.99. The highest BCUT2D eigenvalue weighted by Gasteiger charge is 2.29. The van der Waals surface area contributed by atoms with Gasteiger partial charge in [-0.05, 0) is 41.8 Å². The fourth-order valence-electron chi connectivity index (χ4n) is 2.05. The number of hydrogen-bond acceptors (Lipinski definition) is 1. The smallest absolute Gasteiger partial charge is 0.388 e. The Hall–Kier alpha value is -1.88. The molecule has 1 unspecified atom stereocenters. The lowest BCUT2D eigenvalue weighted by Gasteiger charge is -2.13. The number of aliphatic hydroxyl groups is 1. The average molecular weight is 298 g/mol. The lowest BCUT2D eigenvalue weighted by Crippen LogP contribution is -2.06. The van der Waals surface area contributed by atoms with Crippen LogP contribution >= 0.6 is 0 Å². The van der Waals surface area contributed by atoms with Crippen LogP contribution in [0.1, 0.15) is 28.4 Å². The molecule has 0 aliphatic rings. The van der Waals surface area contributed by atoms with E-state index in [-0.39, 0.29) is 12.2 Å². The van der Waals surface area contributed by atoms with E-state index in [1.165, 1.54) is 30.3 Å². The SMILES string of the molecule is Cc1cc(C(O)Cc2ccc(C(F)(F)F)cc2)ccc1F. The Morgan fingerprint density at radius 1 is 1.05 bits per heavy atom. The van der Waals surface area contributed by atoms with Crippen LogP contribution in [-0.4, -0.2) is 5.11 Å². The summed E-state index contributed by atoms with van der Waals surface area (Å²) in [5.41, 5.74) is 0.809. The van der Waals surface area contributed by atoms with E-state index in [0.29, 0.717) is 16.7 Å². The number of rotatable bonds is 3. The first-order valence-corrected chi connectivity index (χ1v) is 6.37. The fraction of sp³-hybridized carbons (Fsp3) is 0.250. The van der Waals surface area contributed by atoms with Crippen molar-refractivity contribution in [3.8, 4) is 0 Å². The predicted octanol–water partition coefficient (Wildman–Crippen LogP) is 4.43. The monoisotopic (exact) mass is 298 g/mol. The highest BCUT2D eigenvalue weighted by Crippen LogP contribution is 2.29. The Balaban J connectivity index is 2.12. The molecule has 0 saturated carbocycles. The molecule has 5 heteroatoms. The summed E-state index contributed by atoms with van der Waals surface area (Å²) in [6.07, 6.45) is -5.09. The van der Waals surface area contributed by atoms with Crippen LogP contribution in [0.3, 0.4) is 0 Å². The van der Waals surface area contributed by atoms with Crippen molar-refractivity contribution in [3.63, 3.8) is 0 Å². The molecule has 1 atom stereocenters. The van der Waals surface area contributed by atoms with Crippen molar-refractivity contribution in [3.05, 3.63) is 70.5 Å². The normalized spacial score (nSPS) is 13.2. The third kappa shape index (κ3) is 3.82. The summed E-state index contributed by atoms with van der Waals surface area (Å²) in [6, 6.07) is 8.91. The second-order valence-corrected chi connectivity index (χ2v) is 4.92. The second-order valence-electron chi connectivity index (χ2n) is 4.92. The summed E-state index contributed by atoms with van der Waals surface area (Å²) in [7, 11) is 0. The minimum absolute atomic E-state index is 0.170. The van der Waals surface area contributed by atoms with E-state index in [0.717, 1.165) is 12.1 Å². The molecule has 0 bridgehead atoms.